The summed E-state index contributed by atoms with van der Waals surface area (Å²) in [7, 11) is 0. The first-order valence-corrected chi connectivity index (χ1v) is 5.08. The van der Waals surface area contributed by atoms with Crippen LogP contribution >= 0.6 is 0 Å². The summed E-state index contributed by atoms with van der Waals surface area (Å²) in [5.41, 5.74) is 6.06. The van der Waals surface area contributed by atoms with Gasteiger partial charge in [0.2, 0.25) is 0 Å². The number of benzene rings is 1. The Kier molecular flexibility index (Phi) is 4.76. The number of nitrogens with one attached hydrogen (secondary N) is 1. The van der Waals surface area contributed by atoms with E-state index in [-0.39, 0.29) is 6.54 Å². The zero-order chi connectivity index (χ0) is 12.0. The van der Waals surface area contributed by atoms with Crippen molar-refractivity contribution >= 4 is 0 Å². The van der Waals surface area contributed by atoms with Gasteiger partial charge in [-0.15, -0.1) is 0 Å². The summed E-state index contributed by atoms with van der Waals surface area (Å²) in [4.78, 5) is 0. The van der Waals surface area contributed by atoms with Crippen LogP contribution in [0.15, 0.2) is 30.3 Å². The van der Waals surface area contributed by atoms with Gasteiger partial charge in [0, 0.05) is 6.54 Å². The Morgan fingerprint density at radius 3 is 2.31 bits per heavy atom. The molecule has 0 heterocycles. The lowest BCUT2D eigenvalue weighted by Crippen LogP contribution is -2.48. The van der Waals surface area contributed by atoms with Gasteiger partial charge in [-0.2, -0.15) is 13.2 Å². The molecule has 0 bridgehead atoms. The second-order valence-electron chi connectivity index (χ2n) is 3.52. The number of nitrogens with two attached hydrogens (primary N) is 1. The van der Waals surface area contributed by atoms with Crippen molar-refractivity contribution < 1.29 is 13.2 Å². The normalized spacial score (nSPS) is 13.8. The minimum Gasteiger partial charge on any atom is -0.329 e. The third-order valence-electron chi connectivity index (χ3n) is 2.28. The topological polar surface area (TPSA) is 38.0 Å². The Hall–Kier alpha value is -1.07. The minimum absolute atomic E-state index is 0.269. The predicted octanol–water partition coefficient (Wildman–Crippen LogP) is 1.71. The van der Waals surface area contributed by atoms with E-state index in [2.05, 4.69) is 5.32 Å². The van der Waals surface area contributed by atoms with Crippen molar-refractivity contribution in [1.82, 2.24) is 5.32 Å². The lowest BCUT2D eigenvalue weighted by atomic mass is 10.1. The second-order valence-corrected chi connectivity index (χ2v) is 3.52. The van der Waals surface area contributed by atoms with E-state index in [0.717, 1.165) is 5.56 Å². The molecule has 0 aromatic heterocycles. The van der Waals surface area contributed by atoms with Gasteiger partial charge in [-0.05, 0) is 18.5 Å². The van der Waals surface area contributed by atoms with Gasteiger partial charge < -0.3 is 11.1 Å². The number of alkyl halides is 3. The largest absolute Gasteiger partial charge is 0.405 e. The van der Waals surface area contributed by atoms with Gasteiger partial charge >= 0.3 is 6.18 Å². The first-order chi connectivity index (χ1) is 7.54. The fourth-order valence-electron chi connectivity index (χ4n) is 1.37. The van der Waals surface area contributed by atoms with E-state index in [0.29, 0.717) is 6.42 Å². The molecule has 0 aliphatic rings. The SMILES string of the molecule is NCC(NCCc1ccccc1)C(F)(F)F. The van der Waals surface area contributed by atoms with E-state index < -0.39 is 18.8 Å². The van der Waals surface area contributed by atoms with Crippen molar-refractivity contribution in [1.29, 1.82) is 0 Å². The van der Waals surface area contributed by atoms with Gasteiger partial charge in [-0.3, -0.25) is 0 Å². The quantitative estimate of drug-likeness (QED) is 0.811. The van der Waals surface area contributed by atoms with Crippen LogP contribution in [0.1, 0.15) is 5.56 Å². The van der Waals surface area contributed by atoms with Gasteiger partial charge in [0.25, 0.3) is 0 Å². The number of hydrogen-bond donors (Lipinski definition) is 2. The van der Waals surface area contributed by atoms with Crippen LogP contribution in [0.4, 0.5) is 13.2 Å². The maximum absolute atomic E-state index is 12.3. The van der Waals surface area contributed by atoms with Crippen LogP contribution in [-0.4, -0.2) is 25.3 Å². The molecule has 0 saturated heterocycles. The van der Waals surface area contributed by atoms with Gasteiger partial charge in [-0.25, -0.2) is 0 Å². The van der Waals surface area contributed by atoms with Crippen LogP contribution in [0.2, 0.25) is 0 Å². The monoisotopic (exact) mass is 232 g/mol. The van der Waals surface area contributed by atoms with Gasteiger partial charge in [0.15, 0.2) is 0 Å². The molecule has 1 aromatic rings. The van der Waals surface area contributed by atoms with Gasteiger partial charge in [0.05, 0.1) is 0 Å². The molecule has 0 fully saturated rings. The van der Waals surface area contributed by atoms with Crippen LogP contribution in [0.5, 0.6) is 0 Å². The molecule has 16 heavy (non-hydrogen) atoms. The molecular weight excluding hydrogens is 217 g/mol. The van der Waals surface area contributed by atoms with E-state index in [1.54, 1.807) is 0 Å². The maximum Gasteiger partial charge on any atom is 0.405 e. The Morgan fingerprint density at radius 1 is 1.19 bits per heavy atom. The highest BCUT2D eigenvalue weighted by Gasteiger charge is 2.37. The number of rotatable bonds is 5. The van der Waals surface area contributed by atoms with Crippen molar-refractivity contribution in [3.8, 4) is 0 Å². The fourth-order valence-corrected chi connectivity index (χ4v) is 1.37. The molecule has 5 heteroatoms. The summed E-state index contributed by atoms with van der Waals surface area (Å²) in [6.45, 7) is -0.163. The van der Waals surface area contributed by atoms with Crippen LogP contribution < -0.4 is 11.1 Å². The first-order valence-electron chi connectivity index (χ1n) is 5.08. The van der Waals surface area contributed by atoms with Crippen molar-refractivity contribution in [3.63, 3.8) is 0 Å². The molecule has 90 valence electrons. The molecule has 0 spiro atoms. The summed E-state index contributed by atoms with van der Waals surface area (Å²) >= 11 is 0. The third-order valence-corrected chi connectivity index (χ3v) is 2.28. The Morgan fingerprint density at radius 2 is 1.81 bits per heavy atom. The van der Waals surface area contributed by atoms with Gasteiger partial charge in [-0.1, -0.05) is 30.3 Å². The summed E-state index contributed by atoms with van der Waals surface area (Å²) in [5, 5.41) is 2.41. The molecule has 0 saturated carbocycles. The van der Waals surface area contributed by atoms with Crippen LogP contribution in [0, 0.1) is 0 Å². The molecule has 0 radical (unpaired) electrons. The molecule has 0 aliphatic carbocycles. The molecule has 1 unspecified atom stereocenters. The molecule has 2 nitrogen and oxygen atoms in total. The van der Waals surface area contributed by atoms with Crippen molar-refractivity contribution in [2.45, 2.75) is 18.6 Å². The highest BCUT2D eigenvalue weighted by Crippen LogP contribution is 2.19. The third kappa shape index (κ3) is 4.20. The fraction of sp³-hybridized carbons (Fsp3) is 0.455. The molecule has 1 atom stereocenters. The van der Waals surface area contributed by atoms with Gasteiger partial charge in [0.1, 0.15) is 6.04 Å². The zero-order valence-electron chi connectivity index (χ0n) is 8.80. The van der Waals surface area contributed by atoms with Crippen molar-refractivity contribution in [2.24, 2.45) is 5.73 Å². The number of halogens is 3. The summed E-state index contributed by atoms with van der Waals surface area (Å²) in [6.07, 6.45) is -3.71. The zero-order valence-corrected chi connectivity index (χ0v) is 8.80. The minimum atomic E-state index is -4.27. The molecule has 0 aliphatic heterocycles. The Balaban J connectivity index is 2.35. The van der Waals surface area contributed by atoms with E-state index in [4.69, 9.17) is 5.73 Å². The highest BCUT2D eigenvalue weighted by atomic mass is 19.4. The predicted molar refractivity (Wildman–Crippen MR) is 57.0 cm³/mol. The molecule has 1 aromatic carbocycles. The highest BCUT2D eigenvalue weighted by molar-refractivity contribution is 5.14. The lowest BCUT2D eigenvalue weighted by Gasteiger charge is -2.19. The van der Waals surface area contributed by atoms with E-state index in [9.17, 15) is 13.2 Å². The average Bonchev–Trinajstić information content (AvgIpc) is 2.24. The van der Waals surface area contributed by atoms with E-state index in [1.807, 2.05) is 30.3 Å². The van der Waals surface area contributed by atoms with E-state index >= 15 is 0 Å². The lowest BCUT2D eigenvalue weighted by molar-refractivity contribution is -0.153. The van der Waals surface area contributed by atoms with Crippen LogP contribution in [-0.2, 0) is 6.42 Å². The summed E-state index contributed by atoms with van der Waals surface area (Å²) in [6, 6.07) is 7.74. The van der Waals surface area contributed by atoms with Crippen LogP contribution in [0.3, 0.4) is 0 Å². The Bertz CT molecular complexity index is 298. The second kappa shape index (κ2) is 5.86. The molecule has 1 rings (SSSR count). The smallest absolute Gasteiger partial charge is 0.329 e. The Labute approximate surface area is 92.6 Å². The average molecular weight is 232 g/mol. The molecule has 0 amide bonds. The summed E-state index contributed by atoms with van der Waals surface area (Å²) < 4.78 is 36.9. The van der Waals surface area contributed by atoms with Crippen molar-refractivity contribution in [2.75, 3.05) is 13.1 Å². The maximum atomic E-state index is 12.3. The standard InChI is InChI=1S/C11H15F3N2/c12-11(13,14)10(8-15)16-7-6-9-4-2-1-3-5-9/h1-5,10,16H,6-8,15H2. The summed E-state index contributed by atoms with van der Waals surface area (Å²) in [5.74, 6) is 0. The molecule has 3 N–H and O–H groups in total. The van der Waals surface area contributed by atoms with Crippen LogP contribution in [0.25, 0.3) is 0 Å². The number of hydrogen-bond acceptors (Lipinski definition) is 2. The molecular formula is C11H15F3N2. The van der Waals surface area contributed by atoms with E-state index in [1.165, 1.54) is 0 Å². The first kappa shape index (κ1) is 13.0. The van der Waals surface area contributed by atoms with Crippen molar-refractivity contribution in [3.05, 3.63) is 35.9 Å².